The summed E-state index contributed by atoms with van der Waals surface area (Å²) in [6, 6.07) is 0. The van der Waals surface area contributed by atoms with Crippen LogP contribution in [0.25, 0.3) is 0 Å². The summed E-state index contributed by atoms with van der Waals surface area (Å²) < 4.78 is 0. The van der Waals surface area contributed by atoms with Gasteiger partial charge in [-0.05, 0) is 32.4 Å². The van der Waals surface area contributed by atoms with Crippen LogP contribution < -0.4 is 5.32 Å². The standard InChI is InChI=1S/C14H25N3S/c1-2-14-16-12-13(18-14)11-15-7-10-17-8-5-3-4-6-9-17/h12,15H,2-11H2,1H3. The summed E-state index contributed by atoms with van der Waals surface area (Å²) in [5.41, 5.74) is 0. The van der Waals surface area contributed by atoms with E-state index in [1.807, 2.05) is 17.5 Å². The summed E-state index contributed by atoms with van der Waals surface area (Å²) in [7, 11) is 0. The fourth-order valence-electron chi connectivity index (χ4n) is 2.40. The molecule has 3 nitrogen and oxygen atoms in total. The van der Waals surface area contributed by atoms with E-state index in [4.69, 9.17) is 0 Å². The number of thiazole rings is 1. The maximum atomic E-state index is 4.38. The Hall–Kier alpha value is -0.450. The van der Waals surface area contributed by atoms with Crippen molar-refractivity contribution in [2.45, 2.75) is 45.6 Å². The number of aromatic nitrogens is 1. The molecule has 0 atom stereocenters. The minimum Gasteiger partial charge on any atom is -0.311 e. The van der Waals surface area contributed by atoms with E-state index in [9.17, 15) is 0 Å². The van der Waals surface area contributed by atoms with E-state index in [1.54, 1.807) is 0 Å². The molecule has 0 aliphatic carbocycles. The zero-order valence-electron chi connectivity index (χ0n) is 11.5. The lowest BCUT2D eigenvalue weighted by Crippen LogP contribution is -2.32. The van der Waals surface area contributed by atoms with Gasteiger partial charge in [-0.25, -0.2) is 4.98 Å². The summed E-state index contributed by atoms with van der Waals surface area (Å²) >= 11 is 1.84. The van der Waals surface area contributed by atoms with Gasteiger partial charge in [-0.15, -0.1) is 11.3 Å². The number of aryl methyl sites for hydroxylation is 1. The molecule has 18 heavy (non-hydrogen) atoms. The highest BCUT2D eigenvalue weighted by Gasteiger charge is 2.08. The number of likely N-dealkylation sites (tertiary alicyclic amines) is 1. The third-order valence-electron chi connectivity index (χ3n) is 3.51. The van der Waals surface area contributed by atoms with E-state index in [0.29, 0.717) is 0 Å². The molecule has 1 aromatic rings. The SMILES string of the molecule is CCc1ncc(CNCCN2CCCCCC2)s1. The molecule has 4 heteroatoms. The molecule has 2 heterocycles. The van der Waals surface area contributed by atoms with E-state index >= 15 is 0 Å². The Kier molecular flexibility index (Phi) is 6.11. The van der Waals surface area contributed by atoms with Crippen molar-refractivity contribution in [2.75, 3.05) is 26.2 Å². The average Bonchev–Trinajstić information content (AvgIpc) is 2.70. The fraction of sp³-hybridized carbons (Fsp3) is 0.786. The van der Waals surface area contributed by atoms with Crippen molar-refractivity contribution in [2.24, 2.45) is 0 Å². The maximum Gasteiger partial charge on any atom is 0.0925 e. The molecule has 0 saturated carbocycles. The van der Waals surface area contributed by atoms with Crippen LogP contribution in [0.1, 0.15) is 42.5 Å². The predicted octanol–water partition coefficient (Wildman–Crippen LogP) is 2.67. The van der Waals surface area contributed by atoms with Gasteiger partial charge in [0.2, 0.25) is 0 Å². The summed E-state index contributed by atoms with van der Waals surface area (Å²) in [4.78, 5) is 8.35. The lowest BCUT2D eigenvalue weighted by Gasteiger charge is -2.19. The summed E-state index contributed by atoms with van der Waals surface area (Å²) in [5.74, 6) is 0. The zero-order valence-corrected chi connectivity index (χ0v) is 12.3. The molecule has 0 bridgehead atoms. The smallest absolute Gasteiger partial charge is 0.0925 e. The predicted molar refractivity (Wildman–Crippen MR) is 78.1 cm³/mol. The second kappa shape index (κ2) is 7.87. The molecule has 102 valence electrons. The van der Waals surface area contributed by atoms with Crippen LogP contribution in [0.5, 0.6) is 0 Å². The number of nitrogens with one attached hydrogen (secondary N) is 1. The number of nitrogens with zero attached hydrogens (tertiary/aromatic N) is 2. The lowest BCUT2D eigenvalue weighted by atomic mass is 10.2. The lowest BCUT2D eigenvalue weighted by molar-refractivity contribution is 0.284. The molecule has 1 fully saturated rings. The van der Waals surface area contributed by atoms with Gasteiger partial charge >= 0.3 is 0 Å². The molecule has 1 aliphatic rings. The van der Waals surface area contributed by atoms with Crippen LogP contribution in [-0.4, -0.2) is 36.1 Å². The van der Waals surface area contributed by atoms with Crippen LogP contribution in [0.15, 0.2) is 6.20 Å². The molecule has 0 amide bonds. The zero-order chi connectivity index (χ0) is 12.6. The van der Waals surface area contributed by atoms with Gasteiger partial charge in [0, 0.05) is 30.7 Å². The van der Waals surface area contributed by atoms with Crippen molar-refractivity contribution in [1.29, 1.82) is 0 Å². The van der Waals surface area contributed by atoms with Gasteiger partial charge in [-0.1, -0.05) is 19.8 Å². The van der Waals surface area contributed by atoms with Crippen molar-refractivity contribution in [3.05, 3.63) is 16.1 Å². The van der Waals surface area contributed by atoms with E-state index in [1.165, 1.54) is 55.2 Å². The highest BCUT2D eigenvalue weighted by Crippen LogP contribution is 2.13. The van der Waals surface area contributed by atoms with Gasteiger partial charge in [-0.3, -0.25) is 0 Å². The van der Waals surface area contributed by atoms with E-state index in [2.05, 4.69) is 22.1 Å². The third kappa shape index (κ3) is 4.67. The van der Waals surface area contributed by atoms with Gasteiger partial charge in [0.1, 0.15) is 0 Å². The summed E-state index contributed by atoms with van der Waals surface area (Å²) in [6.07, 6.45) is 8.68. The van der Waals surface area contributed by atoms with Gasteiger partial charge in [0.15, 0.2) is 0 Å². The molecule has 0 spiro atoms. The molecule has 1 aliphatic heterocycles. The van der Waals surface area contributed by atoms with E-state index in [-0.39, 0.29) is 0 Å². The van der Waals surface area contributed by atoms with Crippen LogP contribution >= 0.6 is 11.3 Å². The van der Waals surface area contributed by atoms with E-state index < -0.39 is 0 Å². The van der Waals surface area contributed by atoms with Crippen LogP contribution in [0.2, 0.25) is 0 Å². The van der Waals surface area contributed by atoms with Gasteiger partial charge in [0.25, 0.3) is 0 Å². The molecule has 2 rings (SSSR count). The molecule has 1 saturated heterocycles. The van der Waals surface area contributed by atoms with E-state index in [0.717, 1.165) is 19.5 Å². The quantitative estimate of drug-likeness (QED) is 0.803. The van der Waals surface area contributed by atoms with Gasteiger partial charge in [-0.2, -0.15) is 0 Å². The molecule has 1 aromatic heterocycles. The molecular weight excluding hydrogens is 242 g/mol. The molecule has 0 aromatic carbocycles. The Labute approximate surface area is 115 Å². The van der Waals surface area contributed by atoms with Crippen LogP contribution in [0.4, 0.5) is 0 Å². The first kappa shape index (κ1) is 14.0. The summed E-state index contributed by atoms with van der Waals surface area (Å²) in [6.45, 7) is 8.02. The monoisotopic (exact) mass is 267 g/mol. The second-order valence-corrected chi connectivity index (χ2v) is 6.21. The highest BCUT2D eigenvalue weighted by molar-refractivity contribution is 7.11. The van der Waals surface area contributed by atoms with Crippen molar-refractivity contribution in [3.8, 4) is 0 Å². The first-order valence-electron chi connectivity index (χ1n) is 7.25. The Balaban J connectivity index is 1.60. The first-order chi connectivity index (χ1) is 8.88. The normalized spacial score (nSPS) is 17.8. The van der Waals surface area contributed by atoms with Crippen molar-refractivity contribution in [1.82, 2.24) is 15.2 Å². The largest absolute Gasteiger partial charge is 0.311 e. The molecule has 0 radical (unpaired) electrons. The Morgan fingerprint density at radius 1 is 1.28 bits per heavy atom. The van der Waals surface area contributed by atoms with Gasteiger partial charge < -0.3 is 10.2 Å². The Morgan fingerprint density at radius 3 is 2.72 bits per heavy atom. The van der Waals surface area contributed by atoms with Gasteiger partial charge in [0.05, 0.1) is 5.01 Å². The molecule has 1 N–H and O–H groups in total. The number of hydrogen-bond acceptors (Lipinski definition) is 4. The Bertz CT molecular complexity index is 330. The Morgan fingerprint density at radius 2 is 2.06 bits per heavy atom. The van der Waals surface area contributed by atoms with Crippen molar-refractivity contribution in [3.63, 3.8) is 0 Å². The number of hydrogen-bond donors (Lipinski definition) is 1. The van der Waals surface area contributed by atoms with Crippen molar-refractivity contribution < 1.29 is 0 Å². The van der Waals surface area contributed by atoms with Crippen molar-refractivity contribution >= 4 is 11.3 Å². The molecular formula is C14H25N3S. The highest BCUT2D eigenvalue weighted by atomic mass is 32.1. The molecule has 0 unspecified atom stereocenters. The number of rotatable bonds is 6. The summed E-state index contributed by atoms with van der Waals surface area (Å²) in [5, 5.41) is 4.78. The fourth-order valence-corrected chi connectivity index (χ4v) is 3.23. The average molecular weight is 267 g/mol. The van der Waals surface area contributed by atoms with Crippen LogP contribution in [-0.2, 0) is 13.0 Å². The topological polar surface area (TPSA) is 28.2 Å². The minimum atomic E-state index is 0.978. The minimum absolute atomic E-state index is 0.978. The third-order valence-corrected chi connectivity index (χ3v) is 4.65. The first-order valence-corrected chi connectivity index (χ1v) is 8.07. The maximum absolute atomic E-state index is 4.38. The van der Waals surface area contributed by atoms with Crippen LogP contribution in [0, 0.1) is 0 Å². The second-order valence-electron chi connectivity index (χ2n) is 5.01. The van der Waals surface area contributed by atoms with Crippen LogP contribution in [0.3, 0.4) is 0 Å².